The second-order valence-electron chi connectivity index (χ2n) is 7.49. The molecule has 2 aliphatic heterocycles. The molecule has 0 atom stereocenters. The van der Waals surface area contributed by atoms with E-state index < -0.39 is 0 Å². The number of aryl methyl sites for hydroxylation is 2. The van der Waals surface area contributed by atoms with Gasteiger partial charge in [-0.25, -0.2) is 4.68 Å². The second kappa shape index (κ2) is 7.58. The van der Waals surface area contributed by atoms with Gasteiger partial charge in [0.25, 0.3) is 5.91 Å². The van der Waals surface area contributed by atoms with Gasteiger partial charge in [0.1, 0.15) is 5.69 Å². The first-order valence-electron chi connectivity index (χ1n) is 9.70. The van der Waals surface area contributed by atoms with E-state index >= 15 is 0 Å². The fraction of sp³-hybridized carbons (Fsp3) is 0.550. The number of benzene rings is 1. The van der Waals surface area contributed by atoms with E-state index in [-0.39, 0.29) is 5.91 Å². The molecule has 0 saturated carbocycles. The van der Waals surface area contributed by atoms with Crippen molar-refractivity contribution in [3.8, 4) is 0 Å². The normalized spacial score (nSPS) is 18.4. The number of likely N-dealkylation sites (tertiary alicyclic amines) is 1. The number of carbonyl (C=O) groups excluding carboxylic acids is 1. The third-order valence-corrected chi connectivity index (χ3v) is 5.43. The van der Waals surface area contributed by atoms with E-state index in [0.717, 1.165) is 61.7 Å². The van der Waals surface area contributed by atoms with Crippen LogP contribution in [0.5, 0.6) is 0 Å². The van der Waals surface area contributed by atoms with Crippen molar-refractivity contribution in [2.24, 2.45) is 0 Å². The Kier molecular flexibility index (Phi) is 5.02. The largest absolute Gasteiger partial charge is 0.333 e. The highest BCUT2D eigenvalue weighted by molar-refractivity contribution is 5.94. The lowest BCUT2D eigenvalue weighted by Gasteiger charge is -2.26. The van der Waals surface area contributed by atoms with Crippen LogP contribution in [0.15, 0.2) is 24.3 Å². The highest BCUT2D eigenvalue weighted by Crippen LogP contribution is 2.20. The van der Waals surface area contributed by atoms with Crippen LogP contribution >= 0.6 is 0 Å². The van der Waals surface area contributed by atoms with Gasteiger partial charge in [0.15, 0.2) is 0 Å². The van der Waals surface area contributed by atoms with Gasteiger partial charge in [-0.1, -0.05) is 29.3 Å². The molecule has 0 bridgehead atoms. The molecule has 1 saturated heterocycles. The summed E-state index contributed by atoms with van der Waals surface area (Å²) in [5.74, 6) is 0.104. The quantitative estimate of drug-likeness (QED) is 0.851. The Balaban J connectivity index is 1.53. The minimum Gasteiger partial charge on any atom is -0.333 e. The van der Waals surface area contributed by atoms with Crippen LogP contribution in [0.4, 0.5) is 0 Å². The minimum atomic E-state index is 0.104. The average molecular weight is 353 g/mol. The molecule has 4 rings (SSSR count). The molecule has 6 heteroatoms. The molecule has 0 N–H and O–H groups in total. The standard InChI is InChI=1S/C20H27N5O/c1-16-7-5-8-17(13-16)20(26)24-11-6-12-25-19(15-24)18(21-22-25)14-23-9-3-2-4-10-23/h5,7-8,13H,2-4,6,9-12,14-15H2,1H3. The first-order chi connectivity index (χ1) is 12.7. The highest BCUT2D eigenvalue weighted by Gasteiger charge is 2.25. The Bertz CT molecular complexity index is 778. The average Bonchev–Trinajstić information content (AvgIpc) is 2.89. The van der Waals surface area contributed by atoms with Crippen LogP contribution in [0, 0.1) is 6.92 Å². The van der Waals surface area contributed by atoms with Crippen molar-refractivity contribution < 1.29 is 4.79 Å². The van der Waals surface area contributed by atoms with Gasteiger partial charge in [-0.15, -0.1) is 5.10 Å². The Morgan fingerprint density at radius 1 is 1.08 bits per heavy atom. The number of rotatable bonds is 3. The summed E-state index contributed by atoms with van der Waals surface area (Å²) in [6, 6.07) is 7.85. The number of amides is 1. The molecule has 1 aromatic carbocycles. The zero-order chi connectivity index (χ0) is 17.9. The molecule has 0 aliphatic carbocycles. The molecule has 0 unspecified atom stereocenters. The topological polar surface area (TPSA) is 54.3 Å². The lowest BCUT2D eigenvalue weighted by atomic mass is 10.1. The molecule has 1 amide bonds. The van der Waals surface area contributed by atoms with Gasteiger partial charge in [0.05, 0.1) is 12.2 Å². The van der Waals surface area contributed by atoms with Crippen molar-refractivity contribution in [2.75, 3.05) is 19.6 Å². The monoisotopic (exact) mass is 353 g/mol. The van der Waals surface area contributed by atoms with Crippen molar-refractivity contribution in [1.82, 2.24) is 24.8 Å². The Labute approximate surface area is 154 Å². The predicted molar refractivity (Wildman–Crippen MR) is 99.7 cm³/mol. The Morgan fingerprint density at radius 3 is 2.73 bits per heavy atom. The van der Waals surface area contributed by atoms with E-state index in [1.807, 2.05) is 40.8 Å². The lowest BCUT2D eigenvalue weighted by Crippen LogP contribution is -2.32. The van der Waals surface area contributed by atoms with Gasteiger partial charge < -0.3 is 4.90 Å². The molecular weight excluding hydrogens is 326 g/mol. The zero-order valence-corrected chi connectivity index (χ0v) is 15.5. The fourth-order valence-electron chi connectivity index (χ4n) is 3.98. The van der Waals surface area contributed by atoms with E-state index in [1.54, 1.807) is 0 Å². The van der Waals surface area contributed by atoms with E-state index in [4.69, 9.17) is 0 Å². The summed E-state index contributed by atoms with van der Waals surface area (Å²) < 4.78 is 2.00. The molecule has 0 radical (unpaired) electrons. The summed E-state index contributed by atoms with van der Waals surface area (Å²) in [5.41, 5.74) is 4.02. The highest BCUT2D eigenvalue weighted by atomic mass is 16.2. The smallest absolute Gasteiger partial charge is 0.254 e. The third-order valence-electron chi connectivity index (χ3n) is 5.43. The van der Waals surface area contributed by atoms with E-state index in [9.17, 15) is 4.79 Å². The van der Waals surface area contributed by atoms with Crippen LogP contribution < -0.4 is 0 Å². The van der Waals surface area contributed by atoms with Crippen LogP contribution in [-0.2, 0) is 19.6 Å². The van der Waals surface area contributed by atoms with Crippen LogP contribution in [0.3, 0.4) is 0 Å². The number of hydrogen-bond donors (Lipinski definition) is 0. The second-order valence-corrected chi connectivity index (χ2v) is 7.49. The number of piperidine rings is 1. The molecule has 0 spiro atoms. The minimum absolute atomic E-state index is 0.104. The van der Waals surface area contributed by atoms with Crippen molar-refractivity contribution >= 4 is 5.91 Å². The molecule has 3 heterocycles. The zero-order valence-electron chi connectivity index (χ0n) is 15.5. The van der Waals surface area contributed by atoms with Gasteiger partial charge in [-0.2, -0.15) is 0 Å². The SMILES string of the molecule is Cc1cccc(C(=O)N2CCCn3nnc(CN4CCCCC4)c3C2)c1. The summed E-state index contributed by atoms with van der Waals surface area (Å²) in [5, 5.41) is 8.81. The maximum atomic E-state index is 13.0. The number of aromatic nitrogens is 3. The molecule has 1 aromatic heterocycles. The maximum Gasteiger partial charge on any atom is 0.254 e. The van der Waals surface area contributed by atoms with Crippen LogP contribution in [-0.4, -0.2) is 50.3 Å². The first-order valence-corrected chi connectivity index (χ1v) is 9.70. The van der Waals surface area contributed by atoms with Crippen LogP contribution in [0.1, 0.15) is 53.0 Å². The summed E-state index contributed by atoms with van der Waals surface area (Å²) in [7, 11) is 0. The number of nitrogens with zero attached hydrogens (tertiary/aromatic N) is 5. The van der Waals surface area contributed by atoms with Gasteiger partial charge in [-0.05, 0) is 51.4 Å². The number of carbonyl (C=O) groups is 1. The molecule has 2 aliphatic rings. The summed E-state index contributed by atoms with van der Waals surface area (Å²) in [4.78, 5) is 17.4. The van der Waals surface area contributed by atoms with Crippen molar-refractivity contribution in [2.45, 2.75) is 52.2 Å². The van der Waals surface area contributed by atoms with Gasteiger partial charge in [0.2, 0.25) is 0 Å². The molecule has 1 fully saturated rings. The predicted octanol–water partition coefficient (Wildman–Crippen LogP) is 2.62. The van der Waals surface area contributed by atoms with Crippen molar-refractivity contribution in [1.29, 1.82) is 0 Å². The first kappa shape index (κ1) is 17.2. The van der Waals surface area contributed by atoms with Gasteiger partial charge in [0, 0.05) is 25.2 Å². The Hall–Kier alpha value is -2.21. The number of fused-ring (bicyclic) bond motifs is 1. The summed E-state index contributed by atoms with van der Waals surface area (Å²) in [6.07, 6.45) is 4.77. The molecular formula is C20H27N5O. The van der Waals surface area contributed by atoms with Crippen molar-refractivity contribution in [3.05, 3.63) is 46.8 Å². The van der Waals surface area contributed by atoms with Gasteiger partial charge >= 0.3 is 0 Å². The van der Waals surface area contributed by atoms with Crippen LogP contribution in [0.2, 0.25) is 0 Å². The molecule has 26 heavy (non-hydrogen) atoms. The van der Waals surface area contributed by atoms with Gasteiger partial charge in [-0.3, -0.25) is 9.69 Å². The lowest BCUT2D eigenvalue weighted by molar-refractivity contribution is 0.0744. The van der Waals surface area contributed by atoms with E-state index in [0.29, 0.717) is 6.54 Å². The Morgan fingerprint density at radius 2 is 1.92 bits per heavy atom. The van der Waals surface area contributed by atoms with E-state index in [2.05, 4.69) is 15.2 Å². The molecule has 2 aromatic rings. The van der Waals surface area contributed by atoms with Crippen molar-refractivity contribution in [3.63, 3.8) is 0 Å². The molecule has 138 valence electrons. The third kappa shape index (κ3) is 3.65. The fourth-order valence-corrected chi connectivity index (χ4v) is 3.98. The number of hydrogen-bond acceptors (Lipinski definition) is 4. The maximum absolute atomic E-state index is 13.0. The summed E-state index contributed by atoms with van der Waals surface area (Å²) >= 11 is 0. The van der Waals surface area contributed by atoms with Crippen LogP contribution in [0.25, 0.3) is 0 Å². The van der Waals surface area contributed by atoms with E-state index in [1.165, 1.54) is 19.3 Å². The molecule has 6 nitrogen and oxygen atoms in total. The summed E-state index contributed by atoms with van der Waals surface area (Å²) in [6.45, 7) is 7.34.